The Labute approximate surface area is 102 Å². The van der Waals surface area contributed by atoms with E-state index in [9.17, 15) is 0 Å². The Morgan fingerprint density at radius 2 is 2.12 bits per heavy atom. The van der Waals surface area contributed by atoms with Gasteiger partial charge in [-0.05, 0) is 31.5 Å². The van der Waals surface area contributed by atoms with Crippen LogP contribution in [0, 0.1) is 11.8 Å². The van der Waals surface area contributed by atoms with E-state index in [1.165, 1.54) is 0 Å². The van der Waals surface area contributed by atoms with Gasteiger partial charge in [0.2, 0.25) is 0 Å². The monoisotopic (exact) mass is 234 g/mol. The Hall–Kier alpha value is -1.50. The summed E-state index contributed by atoms with van der Waals surface area (Å²) in [6.45, 7) is 4.39. The van der Waals surface area contributed by atoms with Crippen molar-refractivity contribution in [3.05, 3.63) is 29.3 Å². The highest BCUT2D eigenvalue weighted by atomic mass is 16.5. The maximum Gasteiger partial charge on any atom is 0.134 e. The molecule has 0 radical (unpaired) electrons. The van der Waals surface area contributed by atoms with E-state index in [1.54, 1.807) is 7.11 Å². The van der Waals surface area contributed by atoms with Gasteiger partial charge in [0.25, 0.3) is 0 Å². The van der Waals surface area contributed by atoms with Gasteiger partial charge in [0, 0.05) is 0 Å². The maximum atomic E-state index is 8.70. The maximum absolute atomic E-state index is 8.70. The molecular formula is C14H18O3. The molecule has 0 heterocycles. The average Bonchev–Trinajstić information content (AvgIpc) is 2.33. The first-order valence-corrected chi connectivity index (χ1v) is 5.55. The van der Waals surface area contributed by atoms with E-state index in [0.717, 1.165) is 11.1 Å². The predicted molar refractivity (Wildman–Crippen MR) is 66.9 cm³/mol. The minimum atomic E-state index is -0.157. The van der Waals surface area contributed by atoms with Crippen LogP contribution in [0.25, 0.3) is 0 Å². The van der Waals surface area contributed by atoms with E-state index < -0.39 is 0 Å². The fourth-order valence-electron chi connectivity index (χ4n) is 1.34. The van der Waals surface area contributed by atoms with Gasteiger partial charge in [-0.15, -0.1) is 0 Å². The summed E-state index contributed by atoms with van der Waals surface area (Å²) in [6, 6.07) is 5.73. The average molecular weight is 234 g/mol. The molecule has 0 amide bonds. The number of aliphatic hydroxyl groups excluding tert-OH is 1. The van der Waals surface area contributed by atoms with Crippen LogP contribution >= 0.6 is 0 Å². The summed E-state index contributed by atoms with van der Waals surface area (Å²) in [6.07, 6.45) is 0.198. The van der Waals surface area contributed by atoms with Crippen molar-refractivity contribution in [2.75, 3.05) is 13.7 Å². The zero-order valence-electron chi connectivity index (χ0n) is 10.5. The van der Waals surface area contributed by atoms with Crippen molar-refractivity contribution in [1.82, 2.24) is 0 Å². The summed E-state index contributed by atoms with van der Waals surface area (Å²) in [7, 11) is 1.60. The number of methoxy groups -OCH3 is 1. The molecule has 0 unspecified atom stereocenters. The van der Waals surface area contributed by atoms with Gasteiger partial charge < -0.3 is 14.6 Å². The molecule has 0 aromatic heterocycles. The molecule has 1 aromatic carbocycles. The van der Waals surface area contributed by atoms with Gasteiger partial charge in [0.05, 0.1) is 25.4 Å². The lowest BCUT2D eigenvalue weighted by Crippen LogP contribution is -2.02. The topological polar surface area (TPSA) is 38.7 Å². The summed E-state index contributed by atoms with van der Waals surface area (Å²) in [5.41, 5.74) is 1.81. The van der Waals surface area contributed by atoms with Crippen LogP contribution in [-0.4, -0.2) is 24.9 Å². The number of rotatable bonds is 4. The first-order valence-electron chi connectivity index (χ1n) is 5.55. The Kier molecular flexibility index (Phi) is 5.55. The number of benzene rings is 1. The molecule has 0 bridgehead atoms. The zero-order valence-corrected chi connectivity index (χ0v) is 10.5. The fourth-order valence-corrected chi connectivity index (χ4v) is 1.34. The SMILES string of the molecule is COc1ccc(COC(C)C)cc1C#CCO. The van der Waals surface area contributed by atoms with Crippen molar-refractivity contribution < 1.29 is 14.6 Å². The molecule has 3 heteroatoms. The van der Waals surface area contributed by atoms with Gasteiger partial charge in [-0.25, -0.2) is 0 Å². The molecule has 0 aliphatic rings. The lowest BCUT2D eigenvalue weighted by molar-refractivity contribution is 0.0657. The summed E-state index contributed by atoms with van der Waals surface area (Å²) < 4.78 is 10.7. The minimum Gasteiger partial charge on any atom is -0.495 e. The van der Waals surface area contributed by atoms with Crippen molar-refractivity contribution in [3.63, 3.8) is 0 Å². The van der Waals surface area contributed by atoms with E-state index in [1.807, 2.05) is 32.0 Å². The van der Waals surface area contributed by atoms with E-state index in [4.69, 9.17) is 14.6 Å². The lowest BCUT2D eigenvalue weighted by Gasteiger charge is -2.09. The van der Waals surface area contributed by atoms with Crippen LogP contribution in [0.4, 0.5) is 0 Å². The Morgan fingerprint density at radius 3 is 2.71 bits per heavy atom. The first kappa shape index (κ1) is 13.6. The third-order valence-corrected chi connectivity index (χ3v) is 2.15. The van der Waals surface area contributed by atoms with Crippen LogP contribution in [0.1, 0.15) is 25.0 Å². The van der Waals surface area contributed by atoms with Crippen LogP contribution in [-0.2, 0) is 11.3 Å². The largest absolute Gasteiger partial charge is 0.495 e. The molecule has 0 aliphatic carbocycles. The highest BCUT2D eigenvalue weighted by Crippen LogP contribution is 2.19. The van der Waals surface area contributed by atoms with Gasteiger partial charge in [0.1, 0.15) is 12.4 Å². The molecular weight excluding hydrogens is 216 g/mol. The summed E-state index contributed by atoms with van der Waals surface area (Å²) >= 11 is 0. The highest BCUT2D eigenvalue weighted by molar-refractivity contribution is 5.48. The Balaban J connectivity index is 2.88. The van der Waals surface area contributed by atoms with Gasteiger partial charge in [-0.2, -0.15) is 0 Å². The van der Waals surface area contributed by atoms with Crippen LogP contribution < -0.4 is 4.74 Å². The number of hydrogen-bond donors (Lipinski definition) is 1. The van der Waals surface area contributed by atoms with Crippen LogP contribution in [0.5, 0.6) is 5.75 Å². The van der Waals surface area contributed by atoms with Gasteiger partial charge >= 0.3 is 0 Å². The minimum absolute atomic E-state index is 0.157. The second kappa shape index (κ2) is 6.95. The first-order chi connectivity index (χ1) is 8.17. The zero-order chi connectivity index (χ0) is 12.7. The van der Waals surface area contributed by atoms with Gasteiger partial charge in [-0.3, -0.25) is 0 Å². The fraction of sp³-hybridized carbons (Fsp3) is 0.429. The highest BCUT2D eigenvalue weighted by Gasteiger charge is 2.03. The second-order valence-electron chi connectivity index (χ2n) is 3.85. The molecule has 0 fully saturated rings. The Bertz CT molecular complexity index is 413. The van der Waals surface area contributed by atoms with Crippen molar-refractivity contribution >= 4 is 0 Å². The lowest BCUT2D eigenvalue weighted by atomic mass is 10.1. The molecule has 1 aromatic rings. The molecule has 0 saturated carbocycles. The van der Waals surface area contributed by atoms with E-state index in [0.29, 0.717) is 12.4 Å². The van der Waals surface area contributed by atoms with E-state index in [2.05, 4.69) is 11.8 Å². The van der Waals surface area contributed by atoms with Crippen molar-refractivity contribution in [2.24, 2.45) is 0 Å². The molecule has 0 spiro atoms. The van der Waals surface area contributed by atoms with Crippen molar-refractivity contribution in [1.29, 1.82) is 0 Å². The van der Waals surface area contributed by atoms with E-state index >= 15 is 0 Å². The molecule has 1 rings (SSSR count). The van der Waals surface area contributed by atoms with Gasteiger partial charge in [0.15, 0.2) is 0 Å². The molecule has 0 aliphatic heterocycles. The number of aliphatic hydroxyl groups is 1. The molecule has 92 valence electrons. The predicted octanol–water partition coefficient (Wildman–Crippen LogP) is 1.96. The standard InChI is InChI=1S/C14H18O3/c1-11(2)17-10-12-6-7-14(16-3)13(9-12)5-4-8-15/h6-7,9,11,15H,8,10H2,1-3H3. The second-order valence-corrected chi connectivity index (χ2v) is 3.85. The van der Waals surface area contributed by atoms with Crippen molar-refractivity contribution in [3.8, 4) is 17.6 Å². The van der Waals surface area contributed by atoms with Crippen LogP contribution in [0.3, 0.4) is 0 Å². The smallest absolute Gasteiger partial charge is 0.134 e. The Morgan fingerprint density at radius 1 is 1.35 bits per heavy atom. The summed E-state index contributed by atoms with van der Waals surface area (Å²) in [5.74, 6) is 6.19. The van der Waals surface area contributed by atoms with Gasteiger partial charge in [-0.1, -0.05) is 17.9 Å². The summed E-state index contributed by atoms with van der Waals surface area (Å²) in [4.78, 5) is 0. The van der Waals surface area contributed by atoms with E-state index in [-0.39, 0.29) is 12.7 Å². The molecule has 0 atom stereocenters. The van der Waals surface area contributed by atoms with Crippen LogP contribution in [0.2, 0.25) is 0 Å². The number of hydrogen-bond acceptors (Lipinski definition) is 3. The summed E-state index contributed by atoms with van der Waals surface area (Å²) in [5, 5.41) is 8.70. The molecule has 1 N–H and O–H groups in total. The third kappa shape index (κ3) is 4.48. The molecule has 17 heavy (non-hydrogen) atoms. The third-order valence-electron chi connectivity index (χ3n) is 2.15. The molecule has 3 nitrogen and oxygen atoms in total. The quantitative estimate of drug-likeness (QED) is 0.809. The number of ether oxygens (including phenoxy) is 2. The molecule has 0 saturated heterocycles. The van der Waals surface area contributed by atoms with Crippen LogP contribution in [0.15, 0.2) is 18.2 Å². The van der Waals surface area contributed by atoms with Crippen molar-refractivity contribution in [2.45, 2.75) is 26.6 Å². The normalized spacial score (nSPS) is 9.94.